The lowest BCUT2D eigenvalue weighted by Crippen LogP contribution is -2.23. The molecule has 0 aliphatic carbocycles. The summed E-state index contributed by atoms with van der Waals surface area (Å²) in [6.45, 7) is 7.13. The number of ether oxygens (including phenoxy) is 1. The molecule has 5 aromatic rings. The van der Waals surface area contributed by atoms with Gasteiger partial charge in [-0.15, -0.1) is 0 Å². The molecule has 10 heteroatoms. The summed E-state index contributed by atoms with van der Waals surface area (Å²) in [5.74, 6) is 1.15. The molecular formula is C35H38F2N3O4P. The maximum atomic E-state index is 14.8. The molecule has 0 atom stereocenters. The molecule has 0 amide bonds. The monoisotopic (exact) mass is 633 g/mol. The van der Waals surface area contributed by atoms with Crippen molar-refractivity contribution in [2.24, 2.45) is 0 Å². The predicted octanol–water partition coefficient (Wildman–Crippen LogP) is 8.75. The smallest absolute Gasteiger partial charge is 0.399 e. The van der Waals surface area contributed by atoms with E-state index >= 15 is 0 Å². The zero-order chi connectivity index (χ0) is 32.2. The highest BCUT2D eigenvalue weighted by atomic mass is 31.2. The lowest BCUT2D eigenvalue weighted by atomic mass is 9.96. The van der Waals surface area contributed by atoms with Crippen LogP contribution in [0.15, 0.2) is 72.9 Å². The van der Waals surface area contributed by atoms with E-state index in [4.69, 9.17) is 19.5 Å². The molecule has 3 aromatic carbocycles. The van der Waals surface area contributed by atoms with Crippen LogP contribution in [-0.2, 0) is 39.5 Å². The number of fused-ring (bicyclic) bond motifs is 3. The molecule has 0 radical (unpaired) electrons. The average molecular weight is 634 g/mol. The molecule has 0 bridgehead atoms. The van der Waals surface area contributed by atoms with Gasteiger partial charge in [0.05, 0.1) is 18.7 Å². The van der Waals surface area contributed by atoms with Gasteiger partial charge in [-0.1, -0.05) is 42.5 Å². The predicted molar refractivity (Wildman–Crippen MR) is 175 cm³/mol. The Morgan fingerprint density at radius 2 is 1.56 bits per heavy atom. The SMILES string of the molecule is CCOP(=O)(OCC)C(F)(F)Cc1ccc(COc2ccc(CCc3ccnc4c(N)nc5cc(C)ccc5c34)c(C)c2)cc1. The summed E-state index contributed by atoms with van der Waals surface area (Å²) in [5, 5.41) is 2.09. The minimum absolute atomic E-state index is 0.129. The van der Waals surface area contributed by atoms with Crippen LogP contribution in [0.5, 0.6) is 5.75 Å². The number of nitrogens with two attached hydrogens (primary N) is 1. The van der Waals surface area contributed by atoms with Crippen molar-refractivity contribution >= 4 is 35.2 Å². The fourth-order valence-corrected chi connectivity index (χ4v) is 6.98. The number of nitrogens with zero attached hydrogens (tertiary/aromatic N) is 2. The number of rotatable bonds is 13. The Kier molecular flexibility index (Phi) is 9.82. The molecule has 0 saturated carbocycles. The number of pyridine rings is 2. The zero-order valence-electron chi connectivity index (χ0n) is 26.0. The Balaban J connectivity index is 1.23. The minimum atomic E-state index is -4.58. The number of anilines is 1. The molecule has 2 N–H and O–H groups in total. The molecule has 5 rings (SSSR count). The normalized spacial score (nSPS) is 12.2. The van der Waals surface area contributed by atoms with Crippen molar-refractivity contribution in [2.45, 2.75) is 59.2 Å². The largest absolute Gasteiger partial charge is 0.489 e. The van der Waals surface area contributed by atoms with Gasteiger partial charge < -0.3 is 19.5 Å². The van der Waals surface area contributed by atoms with Gasteiger partial charge in [0.15, 0.2) is 5.82 Å². The molecular weight excluding hydrogens is 595 g/mol. The molecule has 2 heterocycles. The summed E-state index contributed by atoms with van der Waals surface area (Å²) in [4.78, 5) is 9.11. The lowest BCUT2D eigenvalue weighted by Gasteiger charge is -2.25. The van der Waals surface area contributed by atoms with Crippen LogP contribution in [0, 0.1) is 13.8 Å². The highest BCUT2D eigenvalue weighted by molar-refractivity contribution is 7.55. The summed E-state index contributed by atoms with van der Waals surface area (Å²) >= 11 is 0. The van der Waals surface area contributed by atoms with Crippen molar-refractivity contribution in [3.05, 3.63) is 106 Å². The number of nitrogen functional groups attached to an aromatic ring is 1. The Morgan fingerprint density at radius 3 is 2.24 bits per heavy atom. The Bertz CT molecular complexity index is 1850. The number of alkyl halides is 2. The maximum Gasteiger partial charge on any atom is 0.399 e. The van der Waals surface area contributed by atoms with Crippen LogP contribution >= 0.6 is 7.60 Å². The summed E-state index contributed by atoms with van der Waals surface area (Å²) in [6, 6.07) is 20.9. The topological polar surface area (TPSA) is 96.6 Å². The average Bonchev–Trinajstić information content (AvgIpc) is 3.00. The first-order chi connectivity index (χ1) is 21.5. The fourth-order valence-electron chi connectivity index (χ4n) is 5.47. The van der Waals surface area contributed by atoms with Crippen molar-refractivity contribution in [3.8, 4) is 5.75 Å². The van der Waals surface area contributed by atoms with Crippen LogP contribution in [0.25, 0.3) is 21.8 Å². The van der Waals surface area contributed by atoms with Crippen LogP contribution in [0.3, 0.4) is 0 Å². The molecule has 45 heavy (non-hydrogen) atoms. The second kappa shape index (κ2) is 13.6. The molecule has 0 aliphatic rings. The molecule has 0 unspecified atom stereocenters. The lowest BCUT2D eigenvalue weighted by molar-refractivity contribution is 0.0393. The van der Waals surface area contributed by atoms with Gasteiger partial charge in [-0.25, -0.2) is 4.98 Å². The van der Waals surface area contributed by atoms with Gasteiger partial charge in [0, 0.05) is 23.4 Å². The third kappa shape index (κ3) is 7.17. The van der Waals surface area contributed by atoms with Gasteiger partial charge in [0.25, 0.3) is 0 Å². The summed E-state index contributed by atoms with van der Waals surface area (Å²) in [5.41, 5.74) is 10.0. The third-order valence-corrected chi connectivity index (χ3v) is 9.92. The van der Waals surface area contributed by atoms with Crippen LogP contribution in [0.1, 0.15) is 47.2 Å². The Morgan fingerprint density at radius 1 is 0.867 bits per heavy atom. The van der Waals surface area contributed by atoms with Gasteiger partial charge in [-0.2, -0.15) is 8.78 Å². The van der Waals surface area contributed by atoms with Crippen molar-refractivity contribution in [1.82, 2.24) is 9.97 Å². The van der Waals surface area contributed by atoms with Gasteiger partial charge in [0.1, 0.15) is 17.9 Å². The van der Waals surface area contributed by atoms with Crippen LogP contribution in [0.2, 0.25) is 0 Å². The molecule has 0 aliphatic heterocycles. The van der Waals surface area contributed by atoms with Crippen molar-refractivity contribution in [2.75, 3.05) is 18.9 Å². The maximum absolute atomic E-state index is 14.8. The molecule has 2 aromatic heterocycles. The van der Waals surface area contributed by atoms with E-state index in [1.165, 1.54) is 25.0 Å². The van der Waals surface area contributed by atoms with Gasteiger partial charge in [0.2, 0.25) is 0 Å². The highest BCUT2D eigenvalue weighted by Crippen LogP contribution is 2.62. The summed E-state index contributed by atoms with van der Waals surface area (Å²) < 4.78 is 58.1. The van der Waals surface area contributed by atoms with Crippen molar-refractivity contribution in [3.63, 3.8) is 0 Å². The summed E-state index contributed by atoms with van der Waals surface area (Å²) in [7, 11) is -4.58. The van der Waals surface area contributed by atoms with E-state index in [1.807, 2.05) is 25.1 Å². The number of hydrogen-bond donors (Lipinski definition) is 1. The Hall–Kier alpha value is -3.91. The second-order valence-electron chi connectivity index (χ2n) is 11.1. The summed E-state index contributed by atoms with van der Waals surface area (Å²) in [6.07, 6.45) is 2.67. The molecule has 7 nitrogen and oxygen atoms in total. The highest BCUT2D eigenvalue weighted by Gasteiger charge is 2.53. The number of halogens is 2. The van der Waals surface area contributed by atoms with E-state index in [0.717, 1.165) is 57.1 Å². The van der Waals surface area contributed by atoms with Crippen LogP contribution in [0.4, 0.5) is 14.6 Å². The molecule has 0 saturated heterocycles. The van der Waals surface area contributed by atoms with E-state index in [0.29, 0.717) is 11.4 Å². The third-order valence-electron chi connectivity index (χ3n) is 7.77. The van der Waals surface area contributed by atoms with Crippen molar-refractivity contribution < 1.29 is 27.1 Å². The van der Waals surface area contributed by atoms with E-state index in [9.17, 15) is 13.3 Å². The quantitative estimate of drug-likeness (QED) is 0.102. The first kappa shape index (κ1) is 32.5. The fraction of sp³-hybridized carbons (Fsp3) is 0.314. The standard InChI is InChI=1S/C35H38F2N3O4P/c1-5-43-45(41,44-6-2)35(36,37)21-25-8-10-26(11-9-25)22-42-29-15-14-27(24(4)20-29)12-13-28-17-18-39-33-32(28)30-16-7-23(3)19-31(30)40-34(33)38/h7-11,14-20H,5-6,12-13,21-22H2,1-4H3,(H2,38,40). The number of aromatic nitrogens is 2. The van der Waals surface area contributed by atoms with E-state index in [2.05, 4.69) is 41.2 Å². The molecule has 0 fully saturated rings. The minimum Gasteiger partial charge on any atom is -0.489 e. The molecule has 236 valence electrons. The van der Waals surface area contributed by atoms with Crippen molar-refractivity contribution in [1.29, 1.82) is 0 Å². The second-order valence-corrected chi connectivity index (χ2v) is 13.2. The number of benzene rings is 3. The van der Waals surface area contributed by atoms with Crippen LogP contribution in [-0.4, -0.2) is 28.8 Å². The van der Waals surface area contributed by atoms with Gasteiger partial charge in [-0.05, 0) is 98.2 Å². The van der Waals surface area contributed by atoms with E-state index in [1.54, 1.807) is 30.5 Å². The van der Waals surface area contributed by atoms with E-state index in [-0.39, 0.29) is 19.8 Å². The number of aryl methyl sites for hydroxylation is 4. The zero-order valence-corrected chi connectivity index (χ0v) is 26.9. The first-order valence-corrected chi connectivity index (χ1v) is 16.6. The van der Waals surface area contributed by atoms with E-state index < -0.39 is 19.7 Å². The van der Waals surface area contributed by atoms with Gasteiger partial charge >= 0.3 is 13.3 Å². The van der Waals surface area contributed by atoms with Gasteiger partial charge in [-0.3, -0.25) is 9.55 Å². The number of hydrogen-bond acceptors (Lipinski definition) is 7. The molecule has 0 spiro atoms. The van der Waals surface area contributed by atoms with Crippen LogP contribution < -0.4 is 10.5 Å². The first-order valence-electron chi connectivity index (χ1n) is 15.0. The Labute approximate surface area is 262 Å².